The van der Waals surface area contributed by atoms with E-state index in [1.165, 1.54) is 0 Å². The van der Waals surface area contributed by atoms with Crippen molar-refractivity contribution in [1.82, 2.24) is 4.90 Å². The monoisotopic (exact) mass is 409 g/mol. The lowest BCUT2D eigenvalue weighted by atomic mass is 9.93. The van der Waals surface area contributed by atoms with Gasteiger partial charge in [0.25, 0.3) is 0 Å². The third-order valence-electron chi connectivity index (χ3n) is 5.57. The Morgan fingerprint density at radius 3 is 2.72 bits per heavy atom. The normalized spacial score (nSPS) is 18.1. The minimum absolute atomic E-state index is 0.247. The molecule has 1 heterocycles. The number of ether oxygens (including phenoxy) is 1. The summed E-state index contributed by atoms with van der Waals surface area (Å²) in [6, 6.07) is 19.3. The number of benzene rings is 3. The van der Waals surface area contributed by atoms with Gasteiger partial charge in [0.15, 0.2) is 0 Å². The van der Waals surface area contributed by atoms with Crippen molar-refractivity contribution in [3.05, 3.63) is 76.8 Å². The van der Waals surface area contributed by atoms with Crippen LogP contribution in [0.4, 0.5) is 0 Å². The van der Waals surface area contributed by atoms with Gasteiger partial charge in [-0.2, -0.15) is 0 Å². The van der Waals surface area contributed by atoms with Gasteiger partial charge in [0.1, 0.15) is 11.8 Å². The van der Waals surface area contributed by atoms with Crippen LogP contribution in [0.15, 0.2) is 60.7 Å². The molecule has 1 saturated heterocycles. The third-order valence-corrected chi connectivity index (χ3v) is 5.80. The zero-order chi connectivity index (χ0) is 20.4. The van der Waals surface area contributed by atoms with E-state index in [9.17, 15) is 9.90 Å². The molecule has 0 spiro atoms. The number of carbonyl (C=O) groups is 1. The molecule has 29 heavy (non-hydrogen) atoms. The van der Waals surface area contributed by atoms with Gasteiger partial charge in [-0.1, -0.05) is 48.0 Å². The van der Waals surface area contributed by atoms with Crippen molar-refractivity contribution in [2.75, 3.05) is 13.2 Å². The van der Waals surface area contributed by atoms with Crippen molar-refractivity contribution >= 4 is 28.3 Å². The van der Waals surface area contributed by atoms with Gasteiger partial charge in [-0.15, -0.1) is 0 Å². The maximum Gasteiger partial charge on any atom is 0.320 e. The minimum atomic E-state index is -0.784. The Kier molecular flexibility index (Phi) is 5.74. The lowest BCUT2D eigenvalue weighted by Gasteiger charge is -2.33. The molecular formula is C24H24ClNO3. The maximum absolute atomic E-state index is 12.0. The van der Waals surface area contributed by atoms with Crippen LogP contribution in [0.2, 0.25) is 5.02 Å². The van der Waals surface area contributed by atoms with Crippen LogP contribution in [-0.4, -0.2) is 35.2 Å². The molecular weight excluding hydrogens is 386 g/mol. The fourth-order valence-electron chi connectivity index (χ4n) is 4.31. The van der Waals surface area contributed by atoms with Gasteiger partial charge in [0.2, 0.25) is 0 Å². The van der Waals surface area contributed by atoms with E-state index < -0.39 is 12.0 Å². The molecule has 5 heteroatoms. The molecule has 0 radical (unpaired) electrons. The third kappa shape index (κ3) is 3.96. The highest BCUT2D eigenvalue weighted by molar-refractivity contribution is 6.30. The quantitative estimate of drug-likeness (QED) is 0.581. The summed E-state index contributed by atoms with van der Waals surface area (Å²) in [6.45, 7) is 3.19. The number of fused-ring (bicyclic) bond motifs is 1. The SMILES string of the molecule is CCOc1ccc(Cl)cc1C(c1ccc2ccccc2c1)N1CCCC1C(=O)O. The van der Waals surface area contributed by atoms with Crippen molar-refractivity contribution in [3.63, 3.8) is 0 Å². The number of hydrogen-bond acceptors (Lipinski definition) is 3. The molecule has 3 aromatic carbocycles. The molecule has 3 aromatic rings. The first-order valence-corrected chi connectivity index (χ1v) is 10.4. The summed E-state index contributed by atoms with van der Waals surface area (Å²) in [5.41, 5.74) is 1.95. The van der Waals surface area contributed by atoms with Crippen molar-refractivity contribution in [2.45, 2.75) is 31.8 Å². The second-order valence-electron chi connectivity index (χ2n) is 7.36. The summed E-state index contributed by atoms with van der Waals surface area (Å²) < 4.78 is 5.90. The highest BCUT2D eigenvalue weighted by Crippen LogP contribution is 2.41. The molecule has 1 fully saturated rings. The lowest BCUT2D eigenvalue weighted by molar-refractivity contribution is -0.142. The number of likely N-dealkylation sites (tertiary alicyclic amines) is 1. The Bertz CT molecular complexity index is 1040. The number of rotatable bonds is 6. The van der Waals surface area contributed by atoms with Gasteiger partial charge in [-0.05, 0) is 60.4 Å². The lowest BCUT2D eigenvalue weighted by Crippen LogP contribution is -2.39. The second kappa shape index (κ2) is 8.44. The topological polar surface area (TPSA) is 49.8 Å². The first kappa shape index (κ1) is 19.7. The fraction of sp³-hybridized carbons (Fsp3) is 0.292. The van der Waals surface area contributed by atoms with E-state index in [2.05, 4.69) is 35.2 Å². The van der Waals surface area contributed by atoms with Gasteiger partial charge >= 0.3 is 5.97 Å². The number of carboxylic acid groups (broad SMARTS) is 1. The summed E-state index contributed by atoms with van der Waals surface area (Å²) in [7, 11) is 0. The first-order chi connectivity index (χ1) is 14.1. The van der Waals surface area contributed by atoms with E-state index in [1.54, 1.807) is 0 Å². The van der Waals surface area contributed by atoms with Gasteiger partial charge in [-0.3, -0.25) is 9.69 Å². The van der Waals surface area contributed by atoms with E-state index in [0.29, 0.717) is 24.6 Å². The van der Waals surface area contributed by atoms with E-state index in [-0.39, 0.29) is 6.04 Å². The summed E-state index contributed by atoms with van der Waals surface area (Å²) in [6.07, 6.45) is 1.50. The van der Waals surface area contributed by atoms with Gasteiger partial charge < -0.3 is 9.84 Å². The van der Waals surface area contributed by atoms with E-state index in [0.717, 1.165) is 34.1 Å². The number of nitrogens with zero attached hydrogens (tertiary/aromatic N) is 1. The van der Waals surface area contributed by atoms with Crippen LogP contribution in [0, 0.1) is 0 Å². The first-order valence-electron chi connectivity index (χ1n) is 9.98. The fourth-order valence-corrected chi connectivity index (χ4v) is 4.49. The number of aliphatic carboxylic acids is 1. The van der Waals surface area contributed by atoms with Crippen LogP contribution < -0.4 is 4.74 Å². The largest absolute Gasteiger partial charge is 0.494 e. The van der Waals surface area contributed by atoms with Crippen LogP contribution in [-0.2, 0) is 4.79 Å². The Hall–Kier alpha value is -2.56. The van der Waals surface area contributed by atoms with E-state index >= 15 is 0 Å². The molecule has 150 valence electrons. The molecule has 0 aromatic heterocycles. The number of halogens is 1. The van der Waals surface area contributed by atoms with Crippen LogP contribution in [0.1, 0.15) is 36.9 Å². The Morgan fingerprint density at radius 2 is 1.97 bits per heavy atom. The average molecular weight is 410 g/mol. The van der Waals surface area contributed by atoms with Crippen LogP contribution in [0.25, 0.3) is 10.8 Å². The van der Waals surface area contributed by atoms with Crippen molar-refractivity contribution in [2.24, 2.45) is 0 Å². The molecule has 1 aliphatic rings. The zero-order valence-electron chi connectivity index (χ0n) is 16.3. The van der Waals surface area contributed by atoms with Crippen molar-refractivity contribution < 1.29 is 14.6 Å². The Morgan fingerprint density at radius 1 is 1.17 bits per heavy atom. The van der Waals surface area contributed by atoms with Gasteiger partial charge in [-0.25, -0.2) is 0 Å². The minimum Gasteiger partial charge on any atom is -0.494 e. The zero-order valence-corrected chi connectivity index (χ0v) is 17.1. The van der Waals surface area contributed by atoms with Gasteiger partial charge in [0, 0.05) is 17.1 Å². The summed E-state index contributed by atoms with van der Waals surface area (Å²) in [4.78, 5) is 14.0. The smallest absolute Gasteiger partial charge is 0.320 e. The molecule has 4 rings (SSSR count). The predicted molar refractivity (Wildman–Crippen MR) is 116 cm³/mol. The molecule has 1 aliphatic heterocycles. The number of carboxylic acids is 1. The van der Waals surface area contributed by atoms with Crippen LogP contribution in [0.3, 0.4) is 0 Å². The molecule has 4 nitrogen and oxygen atoms in total. The molecule has 0 saturated carbocycles. The van der Waals surface area contributed by atoms with E-state index in [1.807, 2.05) is 37.3 Å². The highest BCUT2D eigenvalue weighted by atomic mass is 35.5. The molecule has 1 N–H and O–H groups in total. The summed E-state index contributed by atoms with van der Waals surface area (Å²) in [5.74, 6) is -0.0422. The second-order valence-corrected chi connectivity index (χ2v) is 7.79. The maximum atomic E-state index is 12.0. The standard InChI is InChI=1S/C24H24ClNO3/c1-2-29-22-12-11-19(25)15-20(22)23(26-13-5-8-21(26)24(27)28)18-10-9-16-6-3-4-7-17(16)14-18/h3-4,6-7,9-12,14-15,21,23H,2,5,8,13H2,1H3,(H,27,28). The Labute approximate surface area is 175 Å². The van der Waals surface area contributed by atoms with Crippen molar-refractivity contribution in [3.8, 4) is 5.75 Å². The summed E-state index contributed by atoms with van der Waals surface area (Å²) >= 11 is 6.36. The highest BCUT2D eigenvalue weighted by Gasteiger charge is 2.38. The van der Waals surface area contributed by atoms with Crippen molar-refractivity contribution in [1.29, 1.82) is 0 Å². The molecule has 0 aliphatic carbocycles. The molecule has 2 unspecified atom stereocenters. The predicted octanol–water partition coefficient (Wildman–Crippen LogP) is 5.53. The average Bonchev–Trinajstić information content (AvgIpc) is 3.20. The van der Waals surface area contributed by atoms with Crippen LogP contribution in [0.5, 0.6) is 5.75 Å². The molecule has 2 atom stereocenters. The van der Waals surface area contributed by atoms with Crippen LogP contribution >= 0.6 is 11.6 Å². The molecule has 0 amide bonds. The molecule has 0 bridgehead atoms. The summed E-state index contributed by atoms with van der Waals surface area (Å²) in [5, 5.41) is 12.7. The Balaban J connectivity index is 1.90. The van der Waals surface area contributed by atoms with E-state index in [4.69, 9.17) is 16.3 Å². The van der Waals surface area contributed by atoms with Gasteiger partial charge in [0.05, 0.1) is 12.6 Å². The number of hydrogen-bond donors (Lipinski definition) is 1.